The topological polar surface area (TPSA) is 91.3 Å². The minimum absolute atomic E-state index is 0.120. The molecule has 0 fully saturated rings. The first-order chi connectivity index (χ1) is 12.3. The summed E-state index contributed by atoms with van der Waals surface area (Å²) in [7, 11) is 1.61. The highest BCUT2D eigenvalue weighted by Crippen LogP contribution is 2.46. The van der Waals surface area contributed by atoms with Gasteiger partial charge in [-0.25, -0.2) is 5.01 Å². The molecule has 0 saturated carbocycles. The van der Waals surface area contributed by atoms with E-state index in [9.17, 15) is 10.2 Å². The Hall–Kier alpha value is -1.84. The molecule has 9 heteroatoms. The largest absolute Gasteiger partial charge is 0.504 e. The van der Waals surface area contributed by atoms with E-state index >= 15 is 0 Å². The first-order valence-electron chi connectivity index (χ1n) is 7.53. The van der Waals surface area contributed by atoms with Crippen LogP contribution in [0.5, 0.6) is 17.2 Å². The molecule has 1 aliphatic rings. The maximum atomic E-state index is 10.00. The summed E-state index contributed by atoms with van der Waals surface area (Å²) in [5.74, 6) is 0.276. The molecule has 1 unspecified atom stereocenters. The third-order valence-electron chi connectivity index (χ3n) is 4.11. The van der Waals surface area contributed by atoms with Crippen molar-refractivity contribution >= 4 is 54.9 Å². The molecular formula is C17H15Br2N3O3S. The number of methoxy groups -OCH3 is 1. The van der Waals surface area contributed by atoms with Crippen LogP contribution in [0.4, 0.5) is 0 Å². The molecule has 136 valence electrons. The van der Waals surface area contributed by atoms with E-state index in [0.717, 1.165) is 17.0 Å². The van der Waals surface area contributed by atoms with Gasteiger partial charge in [-0.2, -0.15) is 5.10 Å². The van der Waals surface area contributed by atoms with E-state index in [1.54, 1.807) is 7.11 Å². The van der Waals surface area contributed by atoms with Gasteiger partial charge in [0.25, 0.3) is 0 Å². The van der Waals surface area contributed by atoms with E-state index in [2.05, 4.69) is 37.0 Å². The van der Waals surface area contributed by atoms with Gasteiger partial charge in [0.2, 0.25) is 0 Å². The Morgan fingerprint density at radius 1 is 1.27 bits per heavy atom. The Labute approximate surface area is 172 Å². The highest BCUT2D eigenvalue weighted by Gasteiger charge is 2.33. The third-order valence-corrected chi connectivity index (χ3v) is 6.45. The van der Waals surface area contributed by atoms with Gasteiger partial charge in [-0.1, -0.05) is 0 Å². The number of ether oxygens (including phenoxy) is 1. The zero-order valence-corrected chi connectivity index (χ0v) is 17.6. The number of benzene rings is 2. The molecule has 2 aromatic carbocycles. The number of hydrazone groups is 1. The average Bonchev–Trinajstić information content (AvgIpc) is 3.08. The van der Waals surface area contributed by atoms with Crippen LogP contribution in [0, 0.1) is 0 Å². The number of nitrogens with zero attached hydrogens (tertiary/aromatic N) is 2. The van der Waals surface area contributed by atoms with Crippen molar-refractivity contribution in [1.29, 1.82) is 0 Å². The summed E-state index contributed by atoms with van der Waals surface area (Å²) >= 11 is 11.9. The highest BCUT2D eigenvalue weighted by molar-refractivity contribution is 9.13. The predicted octanol–water partition coefficient (Wildman–Crippen LogP) is 4.03. The van der Waals surface area contributed by atoms with Crippen LogP contribution < -0.4 is 10.5 Å². The summed E-state index contributed by atoms with van der Waals surface area (Å²) in [6.45, 7) is 0. The molecule has 0 radical (unpaired) electrons. The van der Waals surface area contributed by atoms with Crippen molar-refractivity contribution in [3.05, 3.63) is 50.4 Å². The van der Waals surface area contributed by atoms with Crippen LogP contribution in [-0.2, 0) is 0 Å². The van der Waals surface area contributed by atoms with Gasteiger partial charge in [-0.15, -0.1) is 0 Å². The Kier molecular flexibility index (Phi) is 5.40. The number of hydrogen-bond acceptors (Lipinski definition) is 5. The van der Waals surface area contributed by atoms with E-state index in [-0.39, 0.29) is 22.7 Å². The molecule has 0 bridgehead atoms. The van der Waals surface area contributed by atoms with Gasteiger partial charge in [0.15, 0.2) is 16.6 Å². The third kappa shape index (κ3) is 3.38. The minimum atomic E-state index is -0.318. The van der Waals surface area contributed by atoms with Gasteiger partial charge in [-0.05, 0) is 85.5 Å². The van der Waals surface area contributed by atoms with Crippen molar-refractivity contribution in [2.24, 2.45) is 10.8 Å². The fourth-order valence-corrected chi connectivity index (χ4v) is 3.94. The summed E-state index contributed by atoms with van der Waals surface area (Å²) in [4.78, 5) is 0. The van der Waals surface area contributed by atoms with E-state index in [1.807, 2.05) is 24.3 Å². The van der Waals surface area contributed by atoms with Gasteiger partial charge in [0, 0.05) is 10.9 Å². The number of nitrogens with two attached hydrogens (primary N) is 1. The van der Waals surface area contributed by atoms with Crippen LogP contribution in [0.1, 0.15) is 23.6 Å². The fourth-order valence-electron chi connectivity index (χ4n) is 2.78. The zero-order valence-electron chi connectivity index (χ0n) is 13.6. The molecule has 26 heavy (non-hydrogen) atoms. The van der Waals surface area contributed by atoms with Crippen LogP contribution in [0.3, 0.4) is 0 Å². The number of halogens is 2. The highest BCUT2D eigenvalue weighted by atomic mass is 79.9. The quantitative estimate of drug-likeness (QED) is 0.435. The molecule has 3 rings (SSSR count). The number of phenolic OH excluding ortho intramolecular Hbond substituents is 2. The minimum Gasteiger partial charge on any atom is -0.504 e. The summed E-state index contributed by atoms with van der Waals surface area (Å²) in [5, 5.41) is 26.1. The normalized spacial score (nSPS) is 16.5. The second-order valence-corrected chi connectivity index (χ2v) is 7.64. The first kappa shape index (κ1) is 18.9. The number of aromatic hydroxyl groups is 2. The smallest absolute Gasteiger partial charge is 0.187 e. The predicted molar refractivity (Wildman–Crippen MR) is 111 cm³/mol. The number of phenols is 2. The van der Waals surface area contributed by atoms with Crippen molar-refractivity contribution in [1.82, 2.24) is 5.01 Å². The fraction of sp³-hybridized carbons (Fsp3) is 0.176. The molecular weight excluding hydrogens is 486 g/mol. The molecule has 0 amide bonds. The summed E-state index contributed by atoms with van der Waals surface area (Å²) in [6, 6.07) is 8.70. The van der Waals surface area contributed by atoms with Crippen molar-refractivity contribution < 1.29 is 14.9 Å². The van der Waals surface area contributed by atoms with E-state index in [0.29, 0.717) is 20.9 Å². The van der Waals surface area contributed by atoms with Crippen LogP contribution in [0.2, 0.25) is 0 Å². The lowest BCUT2D eigenvalue weighted by Gasteiger charge is -2.23. The molecule has 2 aromatic rings. The molecule has 4 N–H and O–H groups in total. The number of rotatable bonds is 3. The number of hydrogen-bond donors (Lipinski definition) is 3. The standard InChI is InChI=1S/C17H15Br2N3O3S/c1-25-9-4-2-8(3-5-9)11-7-12(22(21-11)17(20)26)10-6-13(23)16(24)15(19)14(10)18/h2-6,12,23-24H,7H2,1H3,(H2,20,26). The Bertz CT molecular complexity index is 903. The summed E-state index contributed by atoms with van der Waals surface area (Å²) in [5.41, 5.74) is 8.29. The SMILES string of the molecule is COc1ccc(C2=NN(C(N)=S)C(c3cc(O)c(O)c(Br)c3Br)C2)cc1. The van der Waals surface area contributed by atoms with Crippen LogP contribution in [0.25, 0.3) is 0 Å². The lowest BCUT2D eigenvalue weighted by Crippen LogP contribution is -2.31. The lowest BCUT2D eigenvalue weighted by molar-refractivity contribution is 0.365. The van der Waals surface area contributed by atoms with E-state index < -0.39 is 0 Å². The molecule has 1 atom stereocenters. The molecule has 0 aliphatic carbocycles. The molecule has 1 heterocycles. The van der Waals surface area contributed by atoms with Crippen molar-refractivity contribution in [2.75, 3.05) is 7.11 Å². The van der Waals surface area contributed by atoms with Crippen molar-refractivity contribution in [3.63, 3.8) is 0 Å². The molecule has 6 nitrogen and oxygen atoms in total. The molecule has 1 aliphatic heterocycles. The van der Waals surface area contributed by atoms with Crippen LogP contribution >= 0.6 is 44.1 Å². The van der Waals surface area contributed by atoms with Gasteiger partial charge in [-0.3, -0.25) is 0 Å². The van der Waals surface area contributed by atoms with E-state index in [4.69, 9.17) is 22.7 Å². The van der Waals surface area contributed by atoms with E-state index in [1.165, 1.54) is 11.1 Å². The summed E-state index contributed by atoms with van der Waals surface area (Å²) in [6.07, 6.45) is 0.527. The van der Waals surface area contributed by atoms with Gasteiger partial charge in [0.05, 0.1) is 23.3 Å². The Balaban J connectivity index is 2.01. The van der Waals surface area contributed by atoms with Crippen molar-refractivity contribution in [2.45, 2.75) is 12.5 Å². The van der Waals surface area contributed by atoms with Crippen LogP contribution in [0.15, 0.2) is 44.4 Å². The first-order valence-corrected chi connectivity index (χ1v) is 9.53. The number of thiocarbonyl (C=S) groups is 1. The maximum Gasteiger partial charge on any atom is 0.187 e. The Morgan fingerprint density at radius 2 is 1.92 bits per heavy atom. The monoisotopic (exact) mass is 499 g/mol. The second-order valence-electron chi connectivity index (χ2n) is 5.64. The average molecular weight is 501 g/mol. The molecule has 0 spiro atoms. The van der Waals surface area contributed by atoms with Crippen LogP contribution in [-0.4, -0.2) is 33.2 Å². The Morgan fingerprint density at radius 3 is 2.50 bits per heavy atom. The molecule has 0 aromatic heterocycles. The second kappa shape index (κ2) is 7.42. The van der Waals surface area contributed by atoms with Gasteiger partial charge >= 0.3 is 0 Å². The summed E-state index contributed by atoms with van der Waals surface area (Å²) < 4.78 is 6.14. The van der Waals surface area contributed by atoms with Crippen molar-refractivity contribution in [3.8, 4) is 17.2 Å². The molecule has 0 saturated heterocycles. The van der Waals surface area contributed by atoms with Gasteiger partial charge < -0.3 is 20.7 Å². The maximum absolute atomic E-state index is 10.00. The van der Waals surface area contributed by atoms with Gasteiger partial charge in [0.1, 0.15) is 5.75 Å². The lowest BCUT2D eigenvalue weighted by atomic mass is 9.98. The zero-order chi connectivity index (χ0) is 19.0.